The molecule has 1 fully saturated rings. The summed E-state index contributed by atoms with van der Waals surface area (Å²) >= 11 is 0. The lowest BCUT2D eigenvalue weighted by molar-refractivity contribution is 0.0281. The zero-order valence-corrected chi connectivity index (χ0v) is 17.0. The van der Waals surface area contributed by atoms with E-state index in [1.54, 1.807) is 24.0 Å². The molecule has 31 heavy (non-hydrogen) atoms. The fourth-order valence-corrected chi connectivity index (χ4v) is 3.95. The fourth-order valence-electron chi connectivity index (χ4n) is 3.95. The number of hydrogen-bond donors (Lipinski definition) is 3. The van der Waals surface area contributed by atoms with Crippen LogP contribution in [0.25, 0.3) is 33.5 Å². The third-order valence-electron chi connectivity index (χ3n) is 5.81. The van der Waals surface area contributed by atoms with Crippen molar-refractivity contribution in [2.24, 2.45) is 13.0 Å². The first-order chi connectivity index (χ1) is 14.9. The Labute approximate surface area is 176 Å². The molecule has 0 radical (unpaired) electrons. The highest BCUT2D eigenvalue weighted by molar-refractivity contribution is 5.93. The van der Waals surface area contributed by atoms with Gasteiger partial charge in [0.1, 0.15) is 17.2 Å². The molecule has 1 saturated carbocycles. The molecule has 3 aromatic heterocycles. The molecular formula is C21H21FN6O3. The molecule has 5 rings (SSSR count). The number of fused-ring (bicyclic) bond motifs is 2. The van der Waals surface area contributed by atoms with E-state index in [4.69, 9.17) is 4.74 Å². The molecule has 160 valence electrons. The molecule has 1 aromatic carbocycles. The number of carbonyl (C=O) groups excluding carboxylic acids is 1. The smallest absolute Gasteiger partial charge is 0.406 e. The number of hydrogen-bond acceptors (Lipinski definition) is 6. The highest BCUT2D eigenvalue weighted by atomic mass is 19.1. The zero-order valence-electron chi connectivity index (χ0n) is 17.0. The average Bonchev–Trinajstić information content (AvgIpc) is 3.26. The number of benzene rings is 1. The second-order valence-corrected chi connectivity index (χ2v) is 7.95. The van der Waals surface area contributed by atoms with Crippen LogP contribution in [0.1, 0.15) is 19.8 Å². The van der Waals surface area contributed by atoms with Crippen LogP contribution in [0.15, 0.2) is 30.6 Å². The van der Waals surface area contributed by atoms with Gasteiger partial charge in [-0.2, -0.15) is 5.10 Å². The van der Waals surface area contributed by atoms with Crippen LogP contribution in [-0.4, -0.2) is 48.1 Å². The summed E-state index contributed by atoms with van der Waals surface area (Å²) in [6, 6.07) is 4.33. The highest BCUT2D eigenvalue weighted by Gasteiger charge is 2.32. The summed E-state index contributed by atoms with van der Waals surface area (Å²) in [6.07, 6.45) is 3.55. The number of aliphatic hydroxyl groups excluding tert-OH is 1. The Morgan fingerprint density at radius 3 is 3.00 bits per heavy atom. The molecule has 3 heterocycles. The third-order valence-corrected chi connectivity index (χ3v) is 5.81. The lowest BCUT2D eigenvalue weighted by Gasteiger charge is -2.35. The largest absolute Gasteiger partial charge is 0.412 e. The molecule has 1 unspecified atom stereocenters. The van der Waals surface area contributed by atoms with E-state index in [1.165, 1.54) is 18.3 Å². The molecule has 10 heteroatoms. The average molecular weight is 424 g/mol. The van der Waals surface area contributed by atoms with E-state index in [1.807, 2.05) is 6.92 Å². The van der Waals surface area contributed by atoms with Crippen LogP contribution in [0.4, 0.5) is 9.18 Å². The van der Waals surface area contributed by atoms with Gasteiger partial charge in [0.25, 0.3) is 0 Å². The summed E-state index contributed by atoms with van der Waals surface area (Å²) in [4.78, 5) is 24.2. The second kappa shape index (κ2) is 7.31. The molecule has 1 atom stereocenters. The van der Waals surface area contributed by atoms with Gasteiger partial charge in [0.15, 0.2) is 16.9 Å². The van der Waals surface area contributed by atoms with Crippen LogP contribution in [-0.2, 0) is 7.05 Å². The van der Waals surface area contributed by atoms with Crippen molar-refractivity contribution in [1.29, 1.82) is 0 Å². The topological polar surface area (TPSA) is 118 Å². The molecule has 4 aromatic rings. The third kappa shape index (κ3) is 3.48. The summed E-state index contributed by atoms with van der Waals surface area (Å²) in [5.74, 6) is 0.134. The lowest BCUT2D eigenvalue weighted by Crippen LogP contribution is -2.46. The maximum Gasteiger partial charge on any atom is 0.412 e. The molecule has 0 spiro atoms. The Hall–Kier alpha value is -3.53. The number of aromatic amines is 1. The minimum Gasteiger partial charge on any atom is -0.406 e. The SMILES string of the molecule is CC(NC(=O)Oc1c[nH]c2ncc(-c3nn(C)c4cc(F)ccc34)nc12)[C@H]1C[C@H](O)C1. The number of carbonyl (C=O) groups is 1. The normalized spacial score (nSPS) is 19.4. The number of halogens is 1. The number of aliphatic hydroxyl groups is 1. The molecule has 3 N–H and O–H groups in total. The molecule has 0 saturated heterocycles. The van der Waals surface area contributed by atoms with Crippen molar-refractivity contribution < 1.29 is 19.0 Å². The number of ether oxygens (including phenoxy) is 1. The van der Waals surface area contributed by atoms with Gasteiger partial charge in [0, 0.05) is 24.7 Å². The van der Waals surface area contributed by atoms with E-state index in [0.717, 1.165) is 5.39 Å². The van der Waals surface area contributed by atoms with Gasteiger partial charge in [0.05, 0.1) is 17.8 Å². The summed E-state index contributed by atoms with van der Waals surface area (Å²) in [5, 5.41) is 17.4. The number of H-pyrrole nitrogens is 1. The maximum absolute atomic E-state index is 13.6. The van der Waals surface area contributed by atoms with Gasteiger partial charge >= 0.3 is 6.09 Å². The summed E-state index contributed by atoms with van der Waals surface area (Å²) in [5.41, 5.74) is 2.53. The number of nitrogens with zero attached hydrogens (tertiary/aromatic N) is 4. The number of amides is 1. The van der Waals surface area contributed by atoms with Gasteiger partial charge in [-0.15, -0.1) is 0 Å². The van der Waals surface area contributed by atoms with Gasteiger partial charge in [-0.05, 0) is 43.9 Å². The van der Waals surface area contributed by atoms with E-state index in [2.05, 4.69) is 25.4 Å². The minimum absolute atomic E-state index is 0.108. The van der Waals surface area contributed by atoms with Crippen LogP contribution >= 0.6 is 0 Å². The number of rotatable bonds is 4. The zero-order chi connectivity index (χ0) is 21.7. The van der Waals surface area contributed by atoms with Gasteiger partial charge in [-0.3, -0.25) is 4.68 Å². The molecule has 0 aliphatic heterocycles. The first kappa shape index (κ1) is 19.4. The van der Waals surface area contributed by atoms with Crippen molar-refractivity contribution in [3.63, 3.8) is 0 Å². The van der Waals surface area contributed by atoms with Crippen molar-refractivity contribution in [1.82, 2.24) is 30.0 Å². The number of nitrogens with one attached hydrogen (secondary N) is 2. The van der Waals surface area contributed by atoms with Crippen molar-refractivity contribution >= 4 is 28.2 Å². The maximum atomic E-state index is 13.6. The molecule has 9 nitrogen and oxygen atoms in total. The summed E-state index contributed by atoms with van der Waals surface area (Å²) in [6.45, 7) is 1.89. The first-order valence-electron chi connectivity index (χ1n) is 10.0. The van der Waals surface area contributed by atoms with Gasteiger partial charge in [-0.25, -0.2) is 19.2 Å². The van der Waals surface area contributed by atoms with E-state index in [9.17, 15) is 14.3 Å². The minimum atomic E-state index is -0.597. The van der Waals surface area contributed by atoms with Crippen molar-refractivity contribution in [2.45, 2.75) is 31.9 Å². The van der Waals surface area contributed by atoms with Crippen LogP contribution in [0.5, 0.6) is 5.75 Å². The quantitative estimate of drug-likeness (QED) is 0.464. The summed E-state index contributed by atoms with van der Waals surface area (Å²) in [7, 11) is 1.73. The Morgan fingerprint density at radius 2 is 2.23 bits per heavy atom. The lowest BCUT2D eigenvalue weighted by atomic mass is 9.78. The van der Waals surface area contributed by atoms with Gasteiger partial charge in [0.2, 0.25) is 0 Å². The van der Waals surface area contributed by atoms with E-state index >= 15 is 0 Å². The van der Waals surface area contributed by atoms with Crippen molar-refractivity contribution in [3.8, 4) is 17.1 Å². The highest BCUT2D eigenvalue weighted by Crippen LogP contribution is 2.31. The molecular weight excluding hydrogens is 403 g/mol. The standard InChI is InChI=1S/C21H21FN6O3/c1-10(11-5-13(29)6-11)25-21(30)31-17-9-24-20-19(17)26-15(8-23-20)18-14-4-3-12(22)7-16(14)28(2)27-18/h3-4,7-11,13,29H,5-6H2,1-2H3,(H,23,24)(H,25,30)/t10?,11-,13-. The van der Waals surface area contributed by atoms with E-state index < -0.39 is 6.09 Å². The summed E-state index contributed by atoms with van der Waals surface area (Å²) < 4.78 is 20.7. The second-order valence-electron chi connectivity index (χ2n) is 7.95. The first-order valence-corrected chi connectivity index (χ1v) is 10.0. The van der Waals surface area contributed by atoms with E-state index in [0.29, 0.717) is 40.9 Å². The predicted molar refractivity (Wildman–Crippen MR) is 111 cm³/mol. The Bertz CT molecular complexity index is 1290. The fraction of sp³-hybridized carbons (Fsp3) is 0.333. The molecule has 1 aliphatic carbocycles. The van der Waals surface area contributed by atoms with Crippen LogP contribution in [0.3, 0.4) is 0 Å². The number of aryl methyl sites for hydroxylation is 1. The number of aromatic nitrogens is 5. The Kier molecular flexibility index (Phi) is 4.58. The molecule has 1 aliphatic rings. The van der Waals surface area contributed by atoms with E-state index in [-0.39, 0.29) is 29.6 Å². The van der Waals surface area contributed by atoms with Crippen LogP contribution < -0.4 is 10.1 Å². The van der Waals surface area contributed by atoms with Crippen molar-refractivity contribution in [3.05, 3.63) is 36.4 Å². The van der Waals surface area contributed by atoms with Crippen molar-refractivity contribution in [2.75, 3.05) is 0 Å². The van der Waals surface area contributed by atoms with Crippen LogP contribution in [0, 0.1) is 11.7 Å². The van der Waals surface area contributed by atoms with Gasteiger partial charge < -0.3 is 20.1 Å². The predicted octanol–water partition coefficient (Wildman–Crippen LogP) is 2.90. The van der Waals surface area contributed by atoms with Gasteiger partial charge in [-0.1, -0.05) is 0 Å². The Morgan fingerprint density at radius 1 is 1.42 bits per heavy atom. The monoisotopic (exact) mass is 424 g/mol. The molecule has 0 bridgehead atoms. The molecule has 1 amide bonds. The van der Waals surface area contributed by atoms with Crippen LogP contribution in [0.2, 0.25) is 0 Å². The Balaban J connectivity index is 1.42.